The second kappa shape index (κ2) is 4.94. The van der Waals surface area contributed by atoms with E-state index >= 15 is 0 Å². The monoisotopic (exact) mass is 256 g/mol. The maximum absolute atomic E-state index is 10.2. The van der Waals surface area contributed by atoms with E-state index in [1.165, 1.54) is 0 Å². The molecule has 0 bridgehead atoms. The van der Waals surface area contributed by atoms with Gasteiger partial charge in [-0.15, -0.1) is 0 Å². The van der Waals surface area contributed by atoms with Crippen molar-refractivity contribution in [3.63, 3.8) is 0 Å². The van der Waals surface area contributed by atoms with E-state index in [0.29, 0.717) is 6.42 Å². The summed E-state index contributed by atoms with van der Waals surface area (Å²) in [5, 5.41) is 10.2. The molecule has 0 fully saturated rings. The molecule has 1 N–H and O–H groups in total. The molecule has 0 spiro atoms. The highest BCUT2D eigenvalue weighted by Crippen LogP contribution is 2.40. The van der Waals surface area contributed by atoms with Gasteiger partial charge in [0.25, 0.3) is 0 Å². The number of hydrogen-bond donors (Lipinski definition) is 1. The fourth-order valence-electron chi connectivity index (χ4n) is 2.42. The molecular weight excluding hydrogens is 240 g/mol. The normalized spacial score (nSPS) is 21.4. The molecular formula is C16H16O3. The third-order valence-electron chi connectivity index (χ3n) is 3.47. The number of methoxy groups -OCH3 is 1. The molecule has 2 aromatic carbocycles. The van der Waals surface area contributed by atoms with Crippen molar-refractivity contribution in [1.82, 2.24) is 0 Å². The summed E-state index contributed by atoms with van der Waals surface area (Å²) in [4.78, 5) is 0. The molecule has 0 aromatic heterocycles. The SMILES string of the molecule is COc1ccc([C@@H]2C[C@@H](O)c3ccccc3O2)cc1. The maximum Gasteiger partial charge on any atom is 0.127 e. The summed E-state index contributed by atoms with van der Waals surface area (Å²) in [5.74, 6) is 1.59. The predicted molar refractivity (Wildman–Crippen MR) is 72.4 cm³/mol. The second-order valence-electron chi connectivity index (χ2n) is 4.67. The first kappa shape index (κ1) is 12.1. The summed E-state index contributed by atoms with van der Waals surface area (Å²) in [5.41, 5.74) is 1.92. The van der Waals surface area contributed by atoms with Gasteiger partial charge < -0.3 is 14.6 Å². The number of rotatable bonds is 2. The molecule has 0 radical (unpaired) electrons. The van der Waals surface area contributed by atoms with Crippen LogP contribution in [0.25, 0.3) is 0 Å². The van der Waals surface area contributed by atoms with Crippen LogP contribution in [0.2, 0.25) is 0 Å². The van der Waals surface area contributed by atoms with Crippen LogP contribution in [-0.2, 0) is 0 Å². The molecule has 1 aliphatic rings. The van der Waals surface area contributed by atoms with E-state index in [9.17, 15) is 5.11 Å². The van der Waals surface area contributed by atoms with Gasteiger partial charge in [0.15, 0.2) is 0 Å². The third kappa shape index (κ3) is 2.29. The molecule has 1 heterocycles. The van der Waals surface area contributed by atoms with E-state index in [1.54, 1.807) is 7.11 Å². The summed E-state index contributed by atoms with van der Waals surface area (Å²) in [7, 11) is 1.64. The lowest BCUT2D eigenvalue weighted by Crippen LogP contribution is -2.18. The Morgan fingerprint density at radius 3 is 2.58 bits per heavy atom. The first-order chi connectivity index (χ1) is 9.28. The second-order valence-corrected chi connectivity index (χ2v) is 4.67. The number of aliphatic hydroxyl groups excluding tert-OH is 1. The minimum Gasteiger partial charge on any atom is -0.497 e. The van der Waals surface area contributed by atoms with Gasteiger partial charge in [0.05, 0.1) is 13.2 Å². The van der Waals surface area contributed by atoms with Gasteiger partial charge in [-0.1, -0.05) is 30.3 Å². The highest BCUT2D eigenvalue weighted by atomic mass is 16.5. The van der Waals surface area contributed by atoms with Gasteiger partial charge in [-0.3, -0.25) is 0 Å². The maximum atomic E-state index is 10.2. The number of para-hydroxylation sites is 1. The summed E-state index contributed by atoms with van der Waals surface area (Å²) >= 11 is 0. The lowest BCUT2D eigenvalue weighted by atomic mass is 9.95. The van der Waals surface area contributed by atoms with Crippen LogP contribution >= 0.6 is 0 Å². The summed E-state index contributed by atoms with van der Waals surface area (Å²) in [6, 6.07) is 15.4. The molecule has 19 heavy (non-hydrogen) atoms. The number of ether oxygens (including phenoxy) is 2. The van der Waals surface area contributed by atoms with Crippen LogP contribution in [0.4, 0.5) is 0 Å². The smallest absolute Gasteiger partial charge is 0.127 e. The van der Waals surface area contributed by atoms with Crippen LogP contribution in [-0.4, -0.2) is 12.2 Å². The van der Waals surface area contributed by atoms with Crippen molar-refractivity contribution in [2.24, 2.45) is 0 Å². The zero-order valence-electron chi connectivity index (χ0n) is 10.7. The van der Waals surface area contributed by atoms with Gasteiger partial charge >= 0.3 is 0 Å². The van der Waals surface area contributed by atoms with E-state index in [0.717, 1.165) is 22.6 Å². The van der Waals surface area contributed by atoms with Crippen molar-refractivity contribution in [3.8, 4) is 11.5 Å². The Balaban J connectivity index is 1.87. The first-order valence-electron chi connectivity index (χ1n) is 6.35. The lowest BCUT2D eigenvalue weighted by molar-refractivity contribution is 0.0657. The lowest BCUT2D eigenvalue weighted by Gasteiger charge is -2.29. The number of benzene rings is 2. The minimum atomic E-state index is -0.475. The van der Waals surface area contributed by atoms with Crippen molar-refractivity contribution < 1.29 is 14.6 Å². The molecule has 1 aliphatic heterocycles. The van der Waals surface area contributed by atoms with Crippen LogP contribution in [0.15, 0.2) is 48.5 Å². The molecule has 3 rings (SSSR count). The summed E-state index contributed by atoms with van der Waals surface area (Å²) in [6.07, 6.45) is -0.0172. The van der Waals surface area contributed by atoms with Crippen LogP contribution in [0.3, 0.4) is 0 Å². The Kier molecular flexibility index (Phi) is 3.13. The Morgan fingerprint density at radius 2 is 1.84 bits per heavy atom. The topological polar surface area (TPSA) is 38.7 Å². The average Bonchev–Trinajstić information content (AvgIpc) is 2.47. The number of aliphatic hydroxyl groups is 1. The fraction of sp³-hybridized carbons (Fsp3) is 0.250. The molecule has 98 valence electrons. The van der Waals surface area contributed by atoms with Gasteiger partial charge in [0, 0.05) is 12.0 Å². The van der Waals surface area contributed by atoms with Gasteiger partial charge in [0.2, 0.25) is 0 Å². The van der Waals surface area contributed by atoms with E-state index < -0.39 is 6.10 Å². The van der Waals surface area contributed by atoms with Gasteiger partial charge in [-0.05, 0) is 23.8 Å². The standard InChI is InChI=1S/C16H16O3/c1-18-12-8-6-11(7-9-12)16-10-14(17)13-4-2-3-5-15(13)19-16/h2-9,14,16-17H,10H2,1H3/t14-,16+/m1/s1. The highest BCUT2D eigenvalue weighted by Gasteiger charge is 2.27. The zero-order valence-corrected chi connectivity index (χ0v) is 10.7. The molecule has 2 atom stereocenters. The molecule has 0 saturated carbocycles. The third-order valence-corrected chi connectivity index (χ3v) is 3.47. The Hall–Kier alpha value is -2.00. The van der Waals surface area contributed by atoms with Crippen molar-refractivity contribution in [2.45, 2.75) is 18.6 Å². The Labute approximate surface area is 112 Å². The quantitative estimate of drug-likeness (QED) is 0.896. The van der Waals surface area contributed by atoms with Crippen molar-refractivity contribution in [2.75, 3.05) is 7.11 Å². The van der Waals surface area contributed by atoms with Crippen LogP contribution < -0.4 is 9.47 Å². The largest absolute Gasteiger partial charge is 0.497 e. The molecule has 3 nitrogen and oxygen atoms in total. The Morgan fingerprint density at radius 1 is 1.11 bits per heavy atom. The predicted octanol–water partition coefficient (Wildman–Crippen LogP) is 3.25. The molecule has 0 aliphatic carbocycles. The fourth-order valence-corrected chi connectivity index (χ4v) is 2.42. The van der Waals surface area contributed by atoms with E-state index in [-0.39, 0.29) is 6.10 Å². The van der Waals surface area contributed by atoms with Crippen molar-refractivity contribution >= 4 is 0 Å². The van der Waals surface area contributed by atoms with E-state index in [1.807, 2.05) is 48.5 Å². The summed E-state index contributed by atoms with van der Waals surface area (Å²) < 4.78 is 11.1. The highest BCUT2D eigenvalue weighted by molar-refractivity contribution is 5.39. The molecule has 0 unspecified atom stereocenters. The van der Waals surface area contributed by atoms with Crippen molar-refractivity contribution in [1.29, 1.82) is 0 Å². The van der Waals surface area contributed by atoms with Gasteiger partial charge in [-0.2, -0.15) is 0 Å². The molecule has 3 heteroatoms. The van der Waals surface area contributed by atoms with Crippen LogP contribution in [0.5, 0.6) is 11.5 Å². The minimum absolute atomic E-state index is 0.115. The van der Waals surface area contributed by atoms with Crippen LogP contribution in [0, 0.1) is 0 Å². The molecule has 0 amide bonds. The first-order valence-corrected chi connectivity index (χ1v) is 6.35. The van der Waals surface area contributed by atoms with Gasteiger partial charge in [-0.25, -0.2) is 0 Å². The molecule has 2 aromatic rings. The Bertz CT molecular complexity index is 562. The summed E-state index contributed by atoms with van der Waals surface area (Å²) in [6.45, 7) is 0. The van der Waals surface area contributed by atoms with Crippen molar-refractivity contribution in [3.05, 3.63) is 59.7 Å². The number of fused-ring (bicyclic) bond motifs is 1. The van der Waals surface area contributed by atoms with Gasteiger partial charge in [0.1, 0.15) is 17.6 Å². The van der Waals surface area contributed by atoms with Crippen LogP contribution in [0.1, 0.15) is 29.8 Å². The number of hydrogen-bond acceptors (Lipinski definition) is 3. The van der Waals surface area contributed by atoms with E-state index in [4.69, 9.17) is 9.47 Å². The van der Waals surface area contributed by atoms with E-state index in [2.05, 4.69) is 0 Å². The average molecular weight is 256 g/mol. The zero-order chi connectivity index (χ0) is 13.2. The molecule has 0 saturated heterocycles.